The summed E-state index contributed by atoms with van der Waals surface area (Å²) in [5.74, 6) is -2.35. The molecule has 0 amide bonds. The second-order valence-electron chi connectivity index (χ2n) is 5.74. The van der Waals surface area contributed by atoms with Crippen molar-refractivity contribution in [2.45, 2.75) is 58.0 Å². The highest BCUT2D eigenvalue weighted by Gasteiger charge is 2.49. The van der Waals surface area contributed by atoms with E-state index in [-0.39, 0.29) is 26.1 Å². The van der Waals surface area contributed by atoms with Crippen molar-refractivity contribution < 1.29 is 43.2 Å². The summed E-state index contributed by atoms with van der Waals surface area (Å²) in [5.41, 5.74) is 0. The highest BCUT2D eigenvalue weighted by Crippen LogP contribution is 2.34. The summed E-state index contributed by atoms with van der Waals surface area (Å²) in [7, 11) is 0. The van der Waals surface area contributed by atoms with Crippen LogP contribution >= 0.6 is 0 Å². The maximum absolute atomic E-state index is 11.5. The molecule has 142 valence electrons. The number of hydrogen-bond donors (Lipinski definition) is 1. The zero-order valence-corrected chi connectivity index (χ0v) is 14.5. The Morgan fingerprint density at radius 1 is 1.00 bits per heavy atom. The van der Waals surface area contributed by atoms with Crippen LogP contribution in [0.1, 0.15) is 33.6 Å². The van der Waals surface area contributed by atoms with E-state index in [1.165, 1.54) is 20.8 Å². The first-order valence-corrected chi connectivity index (χ1v) is 7.97. The maximum atomic E-state index is 11.5. The van der Waals surface area contributed by atoms with Gasteiger partial charge >= 0.3 is 17.9 Å². The Balaban J connectivity index is 3.16. The van der Waals surface area contributed by atoms with Crippen LogP contribution in [0.15, 0.2) is 0 Å². The first kappa shape index (κ1) is 21.0. The van der Waals surface area contributed by atoms with Crippen LogP contribution in [0.25, 0.3) is 0 Å². The molecule has 1 aliphatic heterocycles. The lowest BCUT2D eigenvalue weighted by atomic mass is 9.83. The van der Waals surface area contributed by atoms with Crippen LogP contribution in [-0.2, 0) is 38.1 Å². The number of rotatable bonds is 8. The molecule has 0 aliphatic carbocycles. The predicted molar refractivity (Wildman–Crippen MR) is 82.3 cm³/mol. The molecule has 0 radical (unpaired) electrons. The van der Waals surface area contributed by atoms with Crippen molar-refractivity contribution in [1.29, 1.82) is 0 Å². The van der Waals surface area contributed by atoms with Gasteiger partial charge in [-0.2, -0.15) is 0 Å². The average molecular weight is 360 g/mol. The third-order valence-corrected chi connectivity index (χ3v) is 3.79. The van der Waals surface area contributed by atoms with Crippen LogP contribution in [0, 0.1) is 5.92 Å². The van der Waals surface area contributed by atoms with E-state index in [0.717, 1.165) is 0 Å². The van der Waals surface area contributed by atoms with E-state index < -0.39 is 48.2 Å². The van der Waals surface area contributed by atoms with Gasteiger partial charge < -0.3 is 28.8 Å². The molecule has 1 saturated heterocycles. The first-order chi connectivity index (χ1) is 11.8. The van der Waals surface area contributed by atoms with E-state index in [1.54, 1.807) is 0 Å². The second kappa shape index (κ2) is 10.1. The van der Waals surface area contributed by atoms with Gasteiger partial charge in [-0.3, -0.25) is 14.4 Å². The minimum Gasteiger partial charge on any atom is -0.463 e. The van der Waals surface area contributed by atoms with Crippen LogP contribution in [-0.4, -0.2) is 66.9 Å². The van der Waals surface area contributed by atoms with E-state index in [4.69, 9.17) is 18.9 Å². The molecule has 9 heteroatoms. The van der Waals surface area contributed by atoms with Crippen molar-refractivity contribution in [3.63, 3.8) is 0 Å². The molecule has 0 saturated carbocycles. The Labute approximate surface area is 145 Å². The molecule has 1 heterocycles. The van der Waals surface area contributed by atoms with E-state index >= 15 is 0 Å². The zero-order chi connectivity index (χ0) is 19.0. The van der Waals surface area contributed by atoms with E-state index in [2.05, 4.69) is 0 Å². The van der Waals surface area contributed by atoms with Crippen molar-refractivity contribution in [2.75, 3.05) is 13.2 Å². The minimum absolute atomic E-state index is 0.00814. The van der Waals surface area contributed by atoms with Crippen molar-refractivity contribution in [3.8, 4) is 0 Å². The number of aldehydes is 1. The zero-order valence-electron chi connectivity index (χ0n) is 14.5. The molecule has 1 N–H and O–H groups in total. The summed E-state index contributed by atoms with van der Waals surface area (Å²) >= 11 is 0. The molecule has 0 aromatic carbocycles. The van der Waals surface area contributed by atoms with Crippen molar-refractivity contribution in [3.05, 3.63) is 0 Å². The number of carbonyl (C=O) groups excluding carboxylic acids is 4. The number of aliphatic hydroxyl groups is 1. The normalized spacial score (nSPS) is 28.7. The van der Waals surface area contributed by atoms with Crippen LogP contribution in [0.4, 0.5) is 0 Å². The summed E-state index contributed by atoms with van der Waals surface area (Å²) in [4.78, 5) is 45.0. The Morgan fingerprint density at radius 2 is 1.60 bits per heavy atom. The van der Waals surface area contributed by atoms with Crippen molar-refractivity contribution in [1.82, 2.24) is 0 Å². The average Bonchev–Trinajstić information content (AvgIpc) is 2.50. The van der Waals surface area contributed by atoms with Crippen molar-refractivity contribution in [2.24, 2.45) is 5.92 Å². The molecular weight excluding hydrogens is 336 g/mol. The van der Waals surface area contributed by atoms with Crippen molar-refractivity contribution >= 4 is 24.2 Å². The predicted octanol–water partition coefficient (Wildman–Crippen LogP) is -0.232. The lowest BCUT2D eigenvalue weighted by molar-refractivity contribution is -0.234. The van der Waals surface area contributed by atoms with Crippen LogP contribution in [0.2, 0.25) is 0 Å². The van der Waals surface area contributed by atoms with Gasteiger partial charge in [-0.05, 0) is 6.42 Å². The Morgan fingerprint density at radius 3 is 2.08 bits per heavy atom. The molecule has 0 unspecified atom stereocenters. The summed E-state index contributed by atoms with van der Waals surface area (Å²) in [6.45, 7) is 3.14. The molecule has 1 rings (SSSR count). The van der Waals surface area contributed by atoms with E-state index in [9.17, 15) is 24.3 Å². The van der Waals surface area contributed by atoms with Crippen LogP contribution in [0.5, 0.6) is 0 Å². The number of carbonyl (C=O) groups is 4. The molecule has 0 spiro atoms. The highest BCUT2D eigenvalue weighted by molar-refractivity contribution is 5.68. The number of ether oxygens (including phenoxy) is 4. The SMILES string of the molecule is CC(=O)OC[C@H]1O[C@H](CC=O)[C@@H](CCO)[C@@H](OC(C)=O)[C@@H]1OC(C)=O. The highest BCUT2D eigenvalue weighted by atomic mass is 16.6. The summed E-state index contributed by atoms with van der Waals surface area (Å²) in [6, 6.07) is 0. The molecule has 5 atom stereocenters. The Bertz CT molecular complexity index is 490. The Kier molecular flexibility index (Phi) is 8.50. The monoisotopic (exact) mass is 360 g/mol. The molecule has 1 fully saturated rings. The van der Waals surface area contributed by atoms with Gasteiger partial charge in [0.05, 0.1) is 6.10 Å². The lowest BCUT2D eigenvalue weighted by Gasteiger charge is -2.45. The van der Waals surface area contributed by atoms with Gasteiger partial charge in [-0.15, -0.1) is 0 Å². The standard InChI is InChI=1S/C16H24O9/c1-9(19)22-8-14-16(24-11(3)21)15(23-10(2)20)12(4-6-17)13(25-14)5-7-18/h7,12-17H,4-6,8H2,1-3H3/t12-,13-,14-,15-,16-/m1/s1. The largest absolute Gasteiger partial charge is 0.463 e. The van der Waals surface area contributed by atoms with Gasteiger partial charge in [0.2, 0.25) is 0 Å². The quantitative estimate of drug-likeness (QED) is 0.355. The fourth-order valence-corrected chi connectivity index (χ4v) is 2.91. The molecular formula is C16H24O9. The summed E-state index contributed by atoms with van der Waals surface area (Å²) in [5, 5.41) is 9.31. The third kappa shape index (κ3) is 6.43. The molecule has 1 aliphatic rings. The number of aliphatic hydroxyl groups excluding tert-OH is 1. The smallest absolute Gasteiger partial charge is 0.303 e. The van der Waals surface area contributed by atoms with Gasteiger partial charge in [0.15, 0.2) is 6.10 Å². The third-order valence-electron chi connectivity index (χ3n) is 3.79. The fraction of sp³-hybridized carbons (Fsp3) is 0.750. The summed E-state index contributed by atoms with van der Waals surface area (Å²) in [6.07, 6.45) is -2.73. The van der Waals surface area contributed by atoms with Gasteiger partial charge in [0.1, 0.15) is 25.1 Å². The molecule has 0 bridgehead atoms. The Hall–Kier alpha value is -2.00. The second-order valence-corrected chi connectivity index (χ2v) is 5.74. The van der Waals surface area contributed by atoms with Gasteiger partial charge in [-0.1, -0.05) is 0 Å². The summed E-state index contributed by atoms with van der Waals surface area (Å²) < 4.78 is 21.3. The maximum Gasteiger partial charge on any atom is 0.303 e. The number of hydrogen-bond acceptors (Lipinski definition) is 9. The molecule has 0 aromatic rings. The van der Waals surface area contributed by atoms with Gasteiger partial charge in [-0.25, -0.2) is 0 Å². The molecule has 9 nitrogen and oxygen atoms in total. The van der Waals surface area contributed by atoms with Gasteiger partial charge in [0, 0.05) is 39.7 Å². The molecule has 25 heavy (non-hydrogen) atoms. The first-order valence-electron chi connectivity index (χ1n) is 7.97. The number of esters is 3. The topological polar surface area (TPSA) is 125 Å². The van der Waals surface area contributed by atoms with E-state index in [0.29, 0.717) is 6.29 Å². The minimum atomic E-state index is -1.03. The van der Waals surface area contributed by atoms with Crippen LogP contribution < -0.4 is 0 Å². The van der Waals surface area contributed by atoms with Gasteiger partial charge in [0.25, 0.3) is 0 Å². The van der Waals surface area contributed by atoms with Crippen LogP contribution in [0.3, 0.4) is 0 Å². The molecule has 0 aromatic heterocycles. The lowest BCUT2D eigenvalue weighted by Crippen LogP contribution is -2.58. The van der Waals surface area contributed by atoms with E-state index in [1.807, 2.05) is 0 Å². The fourth-order valence-electron chi connectivity index (χ4n) is 2.91.